The maximum absolute atomic E-state index is 11.3. The van der Waals surface area contributed by atoms with E-state index in [0.717, 1.165) is 5.69 Å². The van der Waals surface area contributed by atoms with Crippen LogP contribution < -0.4 is 4.90 Å². The Bertz CT molecular complexity index is 603. The van der Waals surface area contributed by atoms with Crippen molar-refractivity contribution in [3.63, 3.8) is 0 Å². The normalized spacial score (nSPS) is 12.0. The van der Waals surface area contributed by atoms with E-state index < -0.39 is 12.1 Å². The molecule has 2 aromatic rings. The van der Waals surface area contributed by atoms with Gasteiger partial charge in [-0.25, -0.2) is 4.79 Å². The maximum atomic E-state index is 11.3. The van der Waals surface area contributed by atoms with Crippen LogP contribution in [-0.2, 0) is 4.74 Å². The van der Waals surface area contributed by atoms with E-state index in [0.29, 0.717) is 11.3 Å². The Morgan fingerprint density at radius 3 is 2.70 bits per heavy atom. The van der Waals surface area contributed by atoms with Gasteiger partial charge in [0.2, 0.25) is 5.76 Å². The van der Waals surface area contributed by atoms with Crippen LogP contribution in [0.15, 0.2) is 40.8 Å². The molecule has 0 aliphatic rings. The molecular formula is C15H17NO4. The molecule has 0 saturated carbocycles. The number of rotatable bonds is 4. The van der Waals surface area contributed by atoms with Gasteiger partial charge >= 0.3 is 5.97 Å². The molecule has 1 N–H and O–H groups in total. The van der Waals surface area contributed by atoms with Crippen LogP contribution in [0.2, 0.25) is 0 Å². The molecule has 0 amide bonds. The van der Waals surface area contributed by atoms with Crippen LogP contribution >= 0.6 is 0 Å². The van der Waals surface area contributed by atoms with Gasteiger partial charge in [0, 0.05) is 19.8 Å². The van der Waals surface area contributed by atoms with Crippen LogP contribution in [0, 0.1) is 0 Å². The molecule has 1 aromatic heterocycles. The Balaban J connectivity index is 2.26. The van der Waals surface area contributed by atoms with Gasteiger partial charge in [-0.1, -0.05) is 12.1 Å². The minimum absolute atomic E-state index is 0.0744. The summed E-state index contributed by atoms with van der Waals surface area (Å²) in [5.41, 5.74) is 1.67. The van der Waals surface area contributed by atoms with Crippen molar-refractivity contribution in [1.29, 1.82) is 0 Å². The van der Waals surface area contributed by atoms with Crippen LogP contribution in [0.1, 0.15) is 28.0 Å². The third-order valence-corrected chi connectivity index (χ3v) is 2.99. The summed E-state index contributed by atoms with van der Waals surface area (Å²) in [5.74, 6) is -0.183. The average Bonchev–Trinajstić information content (AvgIpc) is 2.95. The number of nitrogens with zero attached hydrogens (tertiary/aromatic N) is 1. The highest BCUT2D eigenvalue weighted by molar-refractivity contribution is 5.86. The molecule has 5 heteroatoms. The standard InChI is InChI=1S/C15H17NO4/c1-16(2)11-6-4-5-10(9-11)14(17)12-7-8-13(20-12)15(18)19-3/h4-9,14,17H,1-3H3. The van der Waals surface area contributed by atoms with Crippen molar-refractivity contribution in [3.8, 4) is 0 Å². The van der Waals surface area contributed by atoms with E-state index in [1.165, 1.54) is 13.2 Å². The van der Waals surface area contributed by atoms with Crippen LogP contribution in [0.25, 0.3) is 0 Å². The summed E-state index contributed by atoms with van der Waals surface area (Å²) in [6, 6.07) is 10.5. The monoisotopic (exact) mass is 275 g/mol. The number of esters is 1. The number of aliphatic hydroxyl groups excluding tert-OH is 1. The summed E-state index contributed by atoms with van der Waals surface area (Å²) in [5, 5.41) is 10.3. The summed E-state index contributed by atoms with van der Waals surface area (Å²) >= 11 is 0. The smallest absolute Gasteiger partial charge is 0.373 e. The molecule has 1 heterocycles. The molecule has 5 nitrogen and oxygen atoms in total. The zero-order valence-electron chi connectivity index (χ0n) is 11.7. The number of benzene rings is 1. The second kappa shape index (κ2) is 5.79. The highest BCUT2D eigenvalue weighted by atomic mass is 16.5. The van der Waals surface area contributed by atoms with E-state index in [2.05, 4.69) is 4.74 Å². The van der Waals surface area contributed by atoms with Crippen LogP contribution in [0.5, 0.6) is 0 Å². The number of methoxy groups -OCH3 is 1. The van der Waals surface area contributed by atoms with Crippen LogP contribution in [-0.4, -0.2) is 32.3 Å². The van der Waals surface area contributed by atoms with Gasteiger partial charge in [0.05, 0.1) is 7.11 Å². The number of hydrogen-bond acceptors (Lipinski definition) is 5. The molecule has 0 aliphatic carbocycles. The van der Waals surface area contributed by atoms with E-state index in [1.54, 1.807) is 12.1 Å². The lowest BCUT2D eigenvalue weighted by atomic mass is 10.1. The number of ether oxygens (including phenoxy) is 1. The van der Waals surface area contributed by atoms with Crippen molar-refractivity contribution in [2.75, 3.05) is 26.1 Å². The fourth-order valence-corrected chi connectivity index (χ4v) is 1.85. The number of aliphatic hydroxyl groups is 1. The molecule has 0 spiro atoms. The van der Waals surface area contributed by atoms with Gasteiger partial charge < -0.3 is 19.2 Å². The molecule has 1 aromatic carbocycles. The van der Waals surface area contributed by atoms with Crippen molar-refractivity contribution >= 4 is 11.7 Å². The zero-order chi connectivity index (χ0) is 14.7. The van der Waals surface area contributed by atoms with E-state index in [1.807, 2.05) is 37.2 Å². The lowest BCUT2D eigenvalue weighted by molar-refractivity contribution is 0.0558. The second-order valence-electron chi connectivity index (χ2n) is 4.59. The minimum atomic E-state index is -0.923. The molecule has 0 bridgehead atoms. The molecular weight excluding hydrogens is 258 g/mol. The Hall–Kier alpha value is -2.27. The summed E-state index contributed by atoms with van der Waals surface area (Å²) in [7, 11) is 5.13. The van der Waals surface area contributed by atoms with Gasteiger partial charge in [-0.15, -0.1) is 0 Å². The summed E-state index contributed by atoms with van der Waals surface area (Å²) in [6.45, 7) is 0. The predicted molar refractivity (Wildman–Crippen MR) is 74.9 cm³/mol. The fourth-order valence-electron chi connectivity index (χ4n) is 1.85. The third kappa shape index (κ3) is 2.83. The van der Waals surface area contributed by atoms with E-state index in [4.69, 9.17) is 4.42 Å². The largest absolute Gasteiger partial charge is 0.463 e. The van der Waals surface area contributed by atoms with Crippen molar-refractivity contribution < 1.29 is 19.1 Å². The van der Waals surface area contributed by atoms with Crippen LogP contribution in [0.3, 0.4) is 0 Å². The van der Waals surface area contributed by atoms with Crippen molar-refractivity contribution in [2.24, 2.45) is 0 Å². The topological polar surface area (TPSA) is 62.9 Å². The zero-order valence-corrected chi connectivity index (χ0v) is 11.7. The van der Waals surface area contributed by atoms with Gasteiger partial charge in [-0.2, -0.15) is 0 Å². The lowest BCUT2D eigenvalue weighted by Crippen LogP contribution is -2.09. The molecule has 0 aliphatic heterocycles. The van der Waals surface area contributed by atoms with Gasteiger partial charge in [0.25, 0.3) is 0 Å². The number of carbonyl (C=O) groups excluding carboxylic acids is 1. The molecule has 0 saturated heterocycles. The van der Waals surface area contributed by atoms with Crippen LogP contribution in [0.4, 0.5) is 5.69 Å². The summed E-state index contributed by atoms with van der Waals surface area (Å²) in [4.78, 5) is 13.3. The molecule has 0 fully saturated rings. The Labute approximate surface area is 117 Å². The number of anilines is 1. The van der Waals surface area contributed by atoms with Crippen molar-refractivity contribution in [3.05, 3.63) is 53.5 Å². The maximum Gasteiger partial charge on any atom is 0.373 e. The van der Waals surface area contributed by atoms with Gasteiger partial charge in [-0.3, -0.25) is 0 Å². The van der Waals surface area contributed by atoms with Gasteiger partial charge in [0.15, 0.2) is 0 Å². The molecule has 0 radical (unpaired) electrons. The SMILES string of the molecule is COC(=O)c1ccc(C(O)c2cccc(N(C)C)c2)o1. The molecule has 106 valence electrons. The number of furan rings is 1. The predicted octanol–water partition coefficient (Wildman–Crippen LogP) is 2.21. The minimum Gasteiger partial charge on any atom is -0.463 e. The average molecular weight is 275 g/mol. The Kier molecular flexibility index (Phi) is 4.10. The second-order valence-corrected chi connectivity index (χ2v) is 4.59. The molecule has 1 unspecified atom stereocenters. The highest BCUT2D eigenvalue weighted by Gasteiger charge is 2.18. The first kappa shape index (κ1) is 14.1. The lowest BCUT2D eigenvalue weighted by Gasteiger charge is -2.15. The van der Waals surface area contributed by atoms with Gasteiger partial charge in [-0.05, 0) is 29.8 Å². The quantitative estimate of drug-likeness (QED) is 0.867. The first-order valence-electron chi connectivity index (χ1n) is 6.16. The number of hydrogen-bond donors (Lipinski definition) is 1. The molecule has 20 heavy (non-hydrogen) atoms. The molecule has 2 rings (SSSR count). The Morgan fingerprint density at radius 1 is 1.30 bits per heavy atom. The van der Waals surface area contributed by atoms with E-state index in [9.17, 15) is 9.90 Å². The third-order valence-electron chi connectivity index (χ3n) is 2.99. The summed E-state index contributed by atoms with van der Waals surface area (Å²) < 4.78 is 9.88. The van der Waals surface area contributed by atoms with Crippen molar-refractivity contribution in [1.82, 2.24) is 0 Å². The first-order valence-corrected chi connectivity index (χ1v) is 6.16. The number of carbonyl (C=O) groups is 1. The van der Waals surface area contributed by atoms with Crippen molar-refractivity contribution in [2.45, 2.75) is 6.10 Å². The molecule has 1 atom stereocenters. The van der Waals surface area contributed by atoms with E-state index in [-0.39, 0.29) is 5.76 Å². The first-order chi connectivity index (χ1) is 9.52. The van der Waals surface area contributed by atoms with Gasteiger partial charge in [0.1, 0.15) is 11.9 Å². The fraction of sp³-hybridized carbons (Fsp3) is 0.267. The highest BCUT2D eigenvalue weighted by Crippen LogP contribution is 2.26. The summed E-state index contributed by atoms with van der Waals surface area (Å²) in [6.07, 6.45) is -0.923. The van der Waals surface area contributed by atoms with E-state index >= 15 is 0 Å². The Morgan fingerprint density at radius 2 is 2.05 bits per heavy atom.